The number of phenols is 1. The SMILES string of the molecule is NC(=O)c1ccc(O)c2c1OCC2N. The molecule has 74 valence electrons. The predicted octanol–water partition coefficient (Wildman–Crippen LogP) is -0.117. The first-order valence-electron chi connectivity index (χ1n) is 4.15. The van der Waals surface area contributed by atoms with Crippen LogP contribution in [0.3, 0.4) is 0 Å². The number of amides is 1. The molecule has 5 heteroatoms. The minimum absolute atomic E-state index is 0.0370. The average molecular weight is 194 g/mol. The Kier molecular flexibility index (Phi) is 1.82. The van der Waals surface area contributed by atoms with Gasteiger partial charge in [-0.15, -0.1) is 0 Å². The highest BCUT2D eigenvalue weighted by molar-refractivity contribution is 5.96. The quantitative estimate of drug-likeness (QED) is 0.580. The van der Waals surface area contributed by atoms with Crippen molar-refractivity contribution in [3.8, 4) is 11.5 Å². The molecule has 1 aromatic carbocycles. The molecule has 0 aliphatic carbocycles. The van der Waals surface area contributed by atoms with E-state index in [1.807, 2.05) is 0 Å². The largest absolute Gasteiger partial charge is 0.507 e. The lowest BCUT2D eigenvalue weighted by atomic mass is 10.0. The molecule has 0 saturated carbocycles. The van der Waals surface area contributed by atoms with E-state index in [1.54, 1.807) is 0 Å². The van der Waals surface area contributed by atoms with Crippen molar-refractivity contribution in [3.63, 3.8) is 0 Å². The van der Waals surface area contributed by atoms with Gasteiger partial charge in [-0.1, -0.05) is 0 Å². The maximum atomic E-state index is 11.0. The highest BCUT2D eigenvalue weighted by Gasteiger charge is 2.28. The van der Waals surface area contributed by atoms with Crippen LogP contribution in [0, 0.1) is 0 Å². The lowest BCUT2D eigenvalue weighted by Gasteiger charge is -2.06. The zero-order valence-corrected chi connectivity index (χ0v) is 7.36. The van der Waals surface area contributed by atoms with E-state index in [9.17, 15) is 9.90 Å². The zero-order valence-electron chi connectivity index (χ0n) is 7.36. The predicted molar refractivity (Wildman–Crippen MR) is 49.0 cm³/mol. The molecule has 0 spiro atoms. The van der Waals surface area contributed by atoms with E-state index in [2.05, 4.69) is 0 Å². The second kappa shape index (κ2) is 2.88. The summed E-state index contributed by atoms with van der Waals surface area (Å²) in [6, 6.07) is 2.42. The van der Waals surface area contributed by atoms with Gasteiger partial charge >= 0.3 is 0 Å². The third-order valence-electron chi connectivity index (χ3n) is 2.22. The molecular formula is C9H10N2O3. The van der Waals surface area contributed by atoms with E-state index in [-0.39, 0.29) is 17.9 Å². The summed E-state index contributed by atoms with van der Waals surface area (Å²) < 4.78 is 5.20. The first-order valence-corrected chi connectivity index (χ1v) is 4.15. The number of hydrogen-bond donors (Lipinski definition) is 3. The standard InChI is InChI=1S/C9H10N2O3/c10-5-3-14-8-4(9(11)13)1-2-6(12)7(5)8/h1-2,5,12H,3,10H2,(H2,11,13). The van der Waals surface area contributed by atoms with Crippen molar-refractivity contribution in [3.05, 3.63) is 23.3 Å². The summed E-state index contributed by atoms with van der Waals surface area (Å²) in [6.45, 7) is 0.257. The van der Waals surface area contributed by atoms with Crippen LogP contribution >= 0.6 is 0 Å². The Hall–Kier alpha value is -1.75. The average Bonchev–Trinajstić information content (AvgIpc) is 2.49. The van der Waals surface area contributed by atoms with Crippen LogP contribution in [0.5, 0.6) is 11.5 Å². The van der Waals surface area contributed by atoms with E-state index < -0.39 is 11.9 Å². The summed E-state index contributed by atoms with van der Waals surface area (Å²) in [7, 11) is 0. The van der Waals surface area contributed by atoms with Gasteiger partial charge in [0.25, 0.3) is 5.91 Å². The molecule has 1 atom stereocenters. The van der Waals surface area contributed by atoms with Crippen molar-refractivity contribution >= 4 is 5.91 Å². The highest BCUT2D eigenvalue weighted by Crippen LogP contribution is 2.40. The number of hydrogen-bond acceptors (Lipinski definition) is 4. The number of carbonyl (C=O) groups is 1. The molecule has 1 heterocycles. The third-order valence-corrected chi connectivity index (χ3v) is 2.22. The van der Waals surface area contributed by atoms with Gasteiger partial charge in [-0.25, -0.2) is 0 Å². The number of ether oxygens (including phenoxy) is 1. The van der Waals surface area contributed by atoms with Crippen LogP contribution in [0.1, 0.15) is 22.0 Å². The maximum Gasteiger partial charge on any atom is 0.252 e. The monoisotopic (exact) mass is 194 g/mol. The van der Waals surface area contributed by atoms with Crippen molar-refractivity contribution < 1.29 is 14.6 Å². The summed E-state index contributed by atoms with van der Waals surface area (Å²) in [4.78, 5) is 11.0. The first kappa shape index (κ1) is 8.83. The summed E-state index contributed by atoms with van der Waals surface area (Å²) in [6.07, 6.45) is 0. The Balaban J connectivity index is 2.64. The minimum atomic E-state index is -0.588. The molecule has 1 aliphatic heterocycles. The number of benzene rings is 1. The molecule has 5 nitrogen and oxygen atoms in total. The normalized spacial score (nSPS) is 18.8. The van der Waals surface area contributed by atoms with Crippen LogP contribution in [0.25, 0.3) is 0 Å². The van der Waals surface area contributed by atoms with Gasteiger partial charge in [0.05, 0.1) is 17.2 Å². The number of rotatable bonds is 1. The molecule has 0 aromatic heterocycles. The molecule has 2 rings (SSSR count). The Morgan fingerprint density at radius 3 is 2.93 bits per heavy atom. The van der Waals surface area contributed by atoms with Crippen LogP contribution in [0.4, 0.5) is 0 Å². The van der Waals surface area contributed by atoms with Crippen LogP contribution in [-0.2, 0) is 0 Å². The smallest absolute Gasteiger partial charge is 0.252 e. The molecule has 0 fully saturated rings. The van der Waals surface area contributed by atoms with Gasteiger partial charge in [0.15, 0.2) is 0 Å². The van der Waals surface area contributed by atoms with Gasteiger partial charge in [-0.3, -0.25) is 4.79 Å². The van der Waals surface area contributed by atoms with Crippen LogP contribution in [0.15, 0.2) is 12.1 Å². The lowest BCUT2D eigenvalue weighted by Crippen LogP contribution is -2.12. The lowest BCUT2D eigenvalue weighted by molar-refractivity contribution is 0.0997. The van der Waals surface area contributed by atoms with E-state index in [1.165, 1.54) is 12.1 Å². The first-order chi connectivity index (χ1) is 6.61. The van der Waals surface area contributed by atoms with E-state index >= 15 is 0 Å². The van der Waals surface area contributed by atoms with Crippen LogP contribution in [0.2, 0.25) is 0 Å². The summed E-state index contributed by atoms with van der Waals surface area (Å²) >= 11 is 0. The van der Waals surface area contributed by atoms with Crippen molar-refractivity contribution in [2.45, 2.75) is 6.04 Å². The van der Waals surface area contributed by atoms with Crippen molar-refractivity contribution in [2.75, 3.05) is 6.61 Å². The van der Waals surface area contributed by atoms with Gasteiger partial charge in [0.2, 0.25) is 0 Å². The summed E-state index contributed by atoms with van der Waals surface area (Å²) in [5.74, 6) is -0.240. The minimum Gasteiger partial charge on any atom is -0.507 e. The summed E-state index contributed by atoms with van der Waals surface area (Å²) in [5, 5.41) is 9.50. The fraction of sp³-hybridized carbons (Fsp3) is 0.222. The second-order valence-electron chi connectivity index (χ2n) is 3.16. The Morgan fingerprint density at radius 2 is 2.29 bits per heavy atom. The molecule has 14 heavy (non-hydrogen) atoms. The van der Waals surface area contributed by atoms with Crippen LogP contribution in [-0.4, -0.2) is 17.6 Å². The van der Waals surface area contributed by atoms with Crippen molar-refractivity contribution in [1.82, 2.24) is 0 Å². The van der Waals surface area contributed by atoms with E-state index in [0.29, 0.717) is 11.3 Å². The molecule has 5 N–H and O–H groups in total. The van der Waals surface area contributed by atoms with Gasteiger partial charge in [-0.2, -0.15) is 0 Å². The van der Waals surface area contributed by atoms with E-state index in [4.69, 9.17) is 16.2 Å². The molecular weight excluding hydrogens is 184 g/mol. The highest BCUT2D eigenvalue weighted by atomic mass is 16.5. The summed E-state index contributed by atoms with van der Waals surface area (Å²) in [5.41, 5.74) is 11.5. The Morgan fingerprint density at radius 1 is 1.57 bits per heavy atom. The van der Waals surface area contributed by atoms with Gasteiger partial charge in [-0.05, 0) is 12.1 Å². The number of phenolic OH excluding ortho intramolecular Hbond substituents is 1. The second-order valence-corrected chi connectivity index (χ2v) is 3.16. The number of carbonyl (C=O) groups excluding carboxylic acids is 1. The van der Waals surface area contributed by atoms with Gasteiger partial charge in [0, 0.05) is 0 Å². The van der Waals surface area contributed by atoms with Gasteiger partial charge < -0.3 is 21.3 Å². The Bertz CT molecular complexity index is 403. The fourth-order valence-corrected chi connectivity index (χ4v) is 1.55. The topological polar surface area (TPSA) is 98.6 Å². The molecule has 1 aromatic rings. The molecule has 0 bridgehead atoms. The zero-order chi connectivity index (χ0) is 10.3. The van der Waals surface area contributed by atoms with Crippen molar-refractivity contribution in [1.29, 1.82) is 0 Å². The van der Waals surface area contributed by atoms with E-state index in [0.717, 1.165) is 0 Å². The molecule has 0 radical (unpaired) electrons. The Labute approximate surface area is 80.3 Å². The molecule has 0 saturated heterocycles. The number of nitrogens with two attached hydrogens (primary N) is 2. The number of fused-ring (bicyclic) bond motifs is 1. The van der Waals surface area contributed by atoms with Gasteiger partial charge in [0.1, 0.15) is 18.1 Å². The number of aromatic hydroxyl groups is 1. The van der Waals surface area contributed by atoms with Crippen molar-refractivity contribution in [2.24, 2.45) is 11.5 Å². The molecule has 1 amide bonds. The maximum absolute atomic E-state index is 11.0. The third kappa shape index (κ3) is 1.10. The fourth-order valence-electron chi connectivity index (χ4n) is 1.55. The number of primary amides is 1. The van der Waals surface area contributed by atoms with Crippen LogP contribution < -0.4 is 16.2 Å². The molecule has 1 unspecified atom stereocenters. The molecule has 1 aliphatic rings.